The van der Waals surface area contributed by atoms with Crippen molar-refractivity contribution in [3.05, 3.63) is 28.6 Å². The molecule has 3 rings (SSSR count). The molecule has 2 N–H and O–H groups in total. The van der Waals surface area contributed by atoms with Crippen LogP contribution in [0.4, 0.5) is 0 Å². The minimum absolute atomic E-state index is 0.313. The molecule has 0 amide bonds. The number of nitrogens with two attached hydrogens (primary N) is 1. The fourth-order valence-corrected chi connectivity index (χ4v) is 2.96. The summed E-state index contributed by atoms with van der Waals surface area (Å²) in [4.78, 5) is 0. The van der Waals surface area contributed by atoms with E-state index in [0.717, 1.165) is 28.8 Å². The van der Waals surface area contributed by atoms with Crippen molar-refractivity contribution in [1.82, 2.24) is 14.6 Å². The van der Waals surface area contributed by atoms with Crippen molar-refractivity contribution in [2.45, 2.75) is 37.6 Å². The molecule has 0 saturated heterocycles. The van der Waals surface area contributed by atoms with Crippen LogP contribution in [0.1, 0.15) is 37.4 Å². The molecule has 0 bridgehead atoms. The highest BCUT2D eigenvalue weighted by Gasteiger charge is 2.24. The van der Waals surface area contributed by atoms with Gasteiger partial charge in [-0.3, -0.25) is 4.40 Å². The Morgan fingerprint density at radius 2 is 2.18 bits per heavy atom. The molecule has 0 spiro atoms. The third kappa shape index (κ3) is 2.09. The minimum Gasteiger partial charge on any atom is -0.328 e. The number of halogens is 1. The van der Waals surface area contributed by atoms with Gasteiger partial charge >= 0.3 is 0 Å². The van der Waals surface area contributed by atoms with Crippen LogP contribution in [0.5, 0.6) is 0 Å². The number of rotatable bonds is 1. The van der Waals surface area contributed by atoms with E-state index in [-0.39, 0.29) is 0 Å². The Labute approximate surface area is 108 Å². The van der Waals surface area contributed by atoms with Gasteiger partial charge in [0.05, 0.1) is 0 Å². The van der Waals surface area contributed by atoms with Crippen LogP contribution >= 0.6 is 15.9 Å². The Balaban J connectivity index is 2.01. The lowest BCUT2D eigenvalue weighted by atomic mass is 9.85. The summed E-state index contributed by atoms with van der Waals surface area (Å²) in [5.74, 6) is 1.50. The van der Waals surface area contributed by atoms with E-state index in [2.05, 4.69) is 30.5 Å². The number of pyridine rings is 1. The molecular weight excluding hydrogens is 280 g/mol. The highest BCUT2D eigenvalue weighted by atomic mass is 79.9. The van der Waals surface area contributed by atoms with Gasteiger partial charge in [0, 0.05) is 22.6 Å². The number of hydrogen-bond donors (Lipinski definition) is 1. The largest absolute Gasteiger partial charge is 0.328 e. The number of aromatic nitrogens is 3. The molecular formula is C12H15BrN4. The molecule has 2 atom stereocenters. The predicted molar refractivity (Wildman–Crippen MR) is 69.9 cm³/mol. The van der Waals surface area contributed by atoms with Crippen LogP contribution in [0.2, 0.25) is 0 Å². The lowest BCUT2D eigenvalue weighted by Crippen LogP contribution is -2.27. The lowest BCUT2D eigenvalue weighted by molar-refractivity contribution is 0.380. The average molecular weight is 295 g/mol. The zero-order valence-electron chi connectivity index (χ0n) is 9.51. The van der Waals surface area contributed by atoms with Crippen molar-refractivity contribution in [3.63, 3.8) is 0 Å². The molecule has 1 aliphatic rings. The van der Waals surface area contributed by atoms with Gasteiger partial charge in [0.25, 0.3) is 0 Å². The standard InChI is InChI=1S/C12H15BrN4/c13-9-4-5-11-15-16-12(17(11)7-9)8-2-1-3-10(14)6-8/h4-5,7-8,10H,1-3,6,14H2/t8-,10+/m0/s1. The maximum Gasteiger partial charge on any atom is 0.160 e. The van der Waals surface area contributed by atoms with E-state index in [1.54, 1.807) is 0 Å². The Morgan fingerprint density at radius 1 is 1.29 bits per heavy atom. The van der Waals surface area contributed by atoms with E-state index in [1.807, 2.05) is 18.3 Å². The first kappa shape index (κ1) is 11.2. The van der Waals surface area contributed by atoms with Gasteiger partial charge in [-0.05, 0) is 47.3 Å². The van der Waals surface area contributed by atoms with Gasteiger partial charge in [-0.15, -0.1) is 10.2 Å². The van der Waals surface area contributed by atoms with Gasteiger partial charge in [-0.1, -0.05) is 6.42 Å². The first-order valence-corrected chi connectivity index (χ1v) is 6.79. The normalized spacial score (nSPS) is 25.3. The highest BCUT2D eigenvalue weighted by molar-refractivity contribution is 9.10. The quantitative estimate of drug-likeness (QED) is 0.879. The third-order valence-corrected chi connectivity index (χ3v) is 3.94. The van der Waals surface area contributed by atoms with Crippen LogP contribution in [-0.2, 0) is 0 Å². The minimum atomic E-state index is 0.313. The van der Waals surface area contributed by atoms with Gasteiger partial charge in [0.15, 0.2) is 5.65 Å². The van der Waals surface area contributed by atoms with Crippen molar-refractivity contribution >= 4 is 21.6 Å². The Kier molecular flexibility index (Phi) is 2.88. The second-order valence-electron chi connectivity index (χ2n) is 4.76. The smallest absolute Gasteiger partial charge is 0.160 e. The summed E-state index contributed by atoms with van der Waals surface area (Å²) < 4.78 is 3.12. The van der Waals surface area contributed by atoms with Crippen LogP contribution in [0.3, 0.4) is 0 Å². The molecule has 0 aromatic carbocycles. The fraction of sp³-hybridized carbons (Fsp3) is 0.500. The summed E-state index contributed by atoms with van der Waals surface area (Å²) in [6.45, 7) is 0. The molecule has 2 aromatic heterocycles. The zero-order valence-corrected chi connectivity index (χ0v) is 11.1. The molecule has 1 saturated carbocycles. The topological polar surface area (TPSA) is 56.2 Å². The van der Waals surface area contributed by atoms with Crippen molar-refractivity contribution in [2.24, 2.45) is 5.73 Å². The Morgan fingerprint density at radius 3 is 3.00 bits per heavy atom. The SMILES string of the molecule is N[C@@H]1CCC[C@H](c2nnc3ccc(Br)cn23)C1. The molecule has 90 valence electrons. The zero-order chi connectivity index (χ0) is 11.8. The second kappa shape index (κ2) is 4.38. The number of nitrogens with zero attached hydrogens (tertiary/aromatic N) is 3. The van der Waals surface area contributed by atoms with E-state index in [4.69, 9.17) is 5.73 Å². The number of hydrogen-bond acceptors (Lipinski definition) is 3. The molecule has 4 nitrogen and oxygen atoms in total. The van der Waals surface area contributed by atoms with E-state index in [1.165, 1.54) is 12.8 Å². The Bertz CT molecular complexity index is 536. The second-order valence-corrected chi connectivity index (χ2v) is 5.67. The van der Waals surface area contributed by atoms with Crippen molar-refractivity contribution in [3.8, 4) is 0 Å². The van der Waals surface area contributed by atoms with Gasteiger partial charge in [-0.25, -0.2) is 0 Å². The highest BCUT2D eigenvalue weighted by Crippen LogP contribution is 2.31. The molecule has 1 fully saturated rings. The van der Waals surface area contributed by atoms with Crippen LogP contribution < -0.4 is 5.73 Å². The first-order valence-electron chi connectivity index (χ1n) is 6.00. The van der Waals surface area contributed by atoms with Crippen molar-refractivity contribution in [1.29, 1.82) is 0 Å². The molecule has 0 unspecified atom stereocenters. The summed E-state index contributed by atoms with van der Waals surface area (Å²) in [5.41, 5.74) is 6.94. The van der Waals surface area contributed by atoms with Crippen molar-refractivity contribution in [2.75, 3.05) is 0 Å². The summed E-state index contributed by atoms with van der Waals surface area (Å²) in [6.07, 6.45) is 6.55. The van der Waals surface area contributed by atoms with Gasteiger partial charge in [0.1, 0.15) is 5.82 Å². The Hall–Kier alpha value is -0.940. The average Bonchev–Trinajstić information content (AvgIpc) is 2.71. The van der Waals surface area contributed by atoms with Crippen molar-refractivity contribution < 1.29 is 0 Å². The van der Waals surface area contributed by atoms with Crippen LogP contribution in [0.25, 0.3) is 5.65 Å². The van der Waals surface area contributed by atoms with Gasteiger partial charge < -0.3 is 5.73 Å². The maximum absolute atomic E-state index is 6.04. The fourth-order valence-electron chi connectivity index (χ4n) is 2.62. The summed E-state index contributed by atoms with van der Waals surface area (Å²) in [6, 6.07) is 4.28. The maximum atomic E-state index is 6.04. The predicted octanol–water partition coefficient (Wildman–Crippen LogP) is 2.48. The lowest BCUT2D eigenvalue weighted by Gasteiger charge is -2.25. The molecule has 2 aromatic rings. The van der Waals surface area contributed by atoms with E-state index in [9.17, 15) is 0 Å². The van der Waals surface area contributed by atoms with E-state index >= 15 is 0 Å². The molecule has 5 heteroatoms. The molecule has 0 aliphatic heterocycles. The summed E-state index contributed by atoms with van der Waals surface area (Å²) in [5, 5.41) is 8.54. The number of fused-ring (bicyclic) bond motifs is 1. The third-order valence-electron chi connectivity index (χ3n) is 3.47. The van der Waals surface area contributed by atoms with E-state index in [0.29, 0.717) is 12.0 Å². The van der Waals surface area contributed by atoms with Gasteiger partial charge in [-0.2, -0.15) is 0 Å². The summed E-state index contributed by atoms with van der Waals surface area (Å²) >= 11 is 3.49. The van der Waals surface area contributed by atoms with Gasteiger partial charge in [0.2, 0.25) is 0 Å². The van der Waals surface area contributed by atoms with Crippen LogP contribution in [0.15, 0.2) is 22.8 Å². The van der Waals surface area contributed by atoms with Crippen LogP contribution in [0, 0.1) is 0 Å². The molecule has 1 aliphatic carbocycles. The van der Waals surface area contributed by atoms with E-state index < -0.39 is 0 Å². The molecule has 2 heterocycles. The van der Waals surface area contributed by atoms with Crippen LogP contribution in [-0.4, -0.2) is 20.6 Å². The molecule has 17 heavy (non-hydrogen) atoms. The molecule has 0 radical (unpaired) electrons. The monoisotopic (exact) mass is 294 g/mol. The first-order chi connectivity index (χ1) is 8.24. The summed E-state index contributed by atoms with van der Waals surface area (Å²) in [7, 11) is 0.